The van der Waals surface area contributed by atoms with Crippen LogP contribution in [0.15, 0.2) is 60.7 Å². The number of nitrogen functional groups attached to an aromatic ring is 1. The minimum atomic E-state index is -2.19. The van der Waals surface area contributed by atoms with Gasteiger partial charge in [0.15, 0.2) is 0 Å². The molecule has 12 nitrogen and oxygen atoms in total. The van der Waals surface area contributed by atoms with Gasteiger partial charge in [0, 0.05) is 24.9 Å². The Kier molecular flexibility index (Phi) is 11.2. The molecule has 1 atom stereocenters. The van der Waals surface area contributed by atoms with E-state index >= 15 is 0 Å². The van der Waals surface area contributed by atoms with Crippen LogP contribution in [0.3, 0.4) is 0 Å². The highest BCUT2D eigenvalue weighted by atomic mass is 19.1. The second kappa shape index (κ2) is 15.3. The summed E-state index contributed by atoms with van der Waals surface area (Å²) in [7, 11) is 0. The number of halogens is 1. The Labute approximate surface area is 308 Å². The zero-order chi connectivity index (χ0) is 38.7. The first-order valence-corrected chi connectivity index (χ1v) is 17.5. The number of unbranched alkanes of at least 4 members (excludes halogenated alkanes) is 1. The quantitative estimate of drug-likeness (QED) is 0.0783. The first kappa shape index (κ1) is 38.8. The number of amides is 1. The molecule has 0 aliphatic carbocycles. The fourth-order valence-electron chi connectivity index (χ4n) is 6.04. The molecule has 0 radical (unpaired) electrons. The molecule has 1 aromatic heterocycles. The number of nitrogens with zero attached hydrogens (tertiary/aromatic N) is 3. The summed E-state index contributed by atoms with van der Waals surface area (Å²) in [5.41, 5.74) is 12.5. The Morgan fingerprint density at radius 3 is 2.13 bits per heavy atom. The fourth-order valence-corrected chi connectivity index (χ4v) is 6.04. The molecule has 3 aromatic carbocycles. The molecule has 0 bridgehead atoms. The van der Waals surface area contributed by atoms with Crippen molar-refractivity contribution < 1.29 is 37.8 Å². The van der Waals surface area contributed by atoms with Crippen LogP contribution in [0.5, 0.6) is 0 Å². The van der Waals surface area contributed by atoms with Gasteiger partial charge in [0.25, 0.3) is 5.91 Å². The molecule has 13 heteroatoms. The maximum atomic E-state index is 14.8. The Morgan fingerprint density at radius 2 is 1.49 bits per heavy atom. The Hall–Kier alpha value is -5.43. The maximum absolute atomic E-state index is 14.8. The highest BCUT2D eigenvalue weighted by Crippen LogP contribution is 2.32. The Bertz CT molecular complexity index is 2030. The number of carbonyl (C=O) groups is 4. The topological polar surface area (TPSA) is 177 Å². The zero-order valence-electron chi connectivity index (χ0n) is 31.0. The van der Waals surface area contributed by atoms with Crippen molar-refractivity contribution in [1.29, 1.82) is 0 Å². The molecular formula is C40H46FN5O7. The van der Waals surface area contributed by atoms with E-state index in [-0.39, 0.29) is 43.4 Å². The predicted molar refractivity (Wildman–Crippen MR) is 196 cm³/mol. The second-order valence-electron chi connectivity index (χ2n) is 15.2. The minimum absolute atomic E-state index is 0.0660. The van der Waals surface area contributed by atoms with Gasteiger partial charge in [0.2, 0.25) is 11.5 Å². The number of carbonyl (C=O) groups excluding carboxylic acids is 4. The van der Waals surface area contributed by atoms with Crippen molar-refractivity contribution in [2.75, 3.05) is 5.73 Å². The summed E-state index contributed by atoms with van der Waals surface area (Å²) in [6.07, 6.45) is 0.434. The number of ether oxygens (including phenoxy) is 3. The minimum Gasteiger partial charge on any atom is -0.460 e. The third kappa shape index (κ3) is 9.52. The molecule has 0 spiro atoms. The number of fused-ring (bicyclic) bond motifs is 2. The summed E-state index contributed by atoms with van der Waals surface area (Å²) >= 11 is 0. The van der Waals surface area contributed by atoms with Crippen LogP contribution < -0.4 is 11.5 Å². The number of aromatic nitrogens is 2. The summed E-state index contributed by atoms with van der Waals surface area (Å²) in [5.74, 6) is -3.38. The van der Waals surface area contributed by atoms with Crippen molar-refractivity contribution in [1.82, 2.24) is 14.9 Å². The van der Waals surface area contributed by atoms with E-state index < -0.39 is 40.5 Å². The SMILES string of the molecule is CC(C)(C)OC(=O)CCCC[C@](N)(C(=O)OCc1ccc(F)cc1-c1ccc2nc(N)nc(C(=O)N3Cc4ccccc4C3)c2c1)C(=O)OC(C)(C)C. The van der Waals surface area contributed by atoms with Crippen LogP contribution in [-0.2, 0) is 48.3 Å². The summed E-state index contributed by atoms with van der Waals surface area (Å²) < 4.78 is 31.3. The molecule has 4 aromatic rings. The maximum Gasteiger partial charge on any atom is 0.338 e. The Morgan fingerprint density at radius 1 is 0.830 bits per heavy atom. The van der Waals surface area contributed by atoms with Crippen LogP contribution >= 0.6 is 0 Å². The number of esters is 3. The van der Waals surface area contributed by atoms with Crippen LogP contribution in [0.1, 0.15) is 94.4 Å². The molecule has 1 amide bonds. The second-order valence-corrected chi connectivity index (χ2v) is 15.2. The molecule has 4 N–H and O–H groups in total. The predicted octanol–water partition coefficient (Wildman–Crippen LogP) is 6.16. The van der Waals surface area contributed by atoms with Crippen LogP contribution in [0.25, 0.3) is 22.0 Å². The smallest absolute Gasteiger partial charge is 0.338 e. The van der Waals surface area contributed by atoms with Crippen LogP contribution in [0, 0.1) is 5.82 Å². The first-order chi connectivity index (χ1) is 24.8. The largest absolute Gasteiger partial charge is 0.460 e. The normalized spacial score (nSPS) is 14.0. The van der Waals surface area contributed by atoms with Crippen LogP contribution in [0.2, 0.25) is 0 Å². The van der Waals surface area contributed by atoms with Crippen LogP contribution in [-0.4, -0.2) is 55.4 Å². The average molecular weight is 728 g/mol. The lowest BCUT2D eigenvalue weighted by Crippen LogP contribution is -2.57. The van der Waals surface area contributed by atoms with Crippen molar-refractivity contribution in [2.24, 2.45) is 5.73 Å². The lowest BCUT2D eigenvalue weighted by Gasteiger charge is -2.29. The van der Waals surface area contributed by atoms with Crippen LogP contribution in [0.4, 0.5) is 10.3 Å². The number of rotatable bonds is 11. The van der Waals surface area contributed by atoms with Gasteiger partial charge >= 0.3 is 17.9 Å². The highest BCUT2D eigenvalue weighted by Gasteiger charge is 2.46. The van der Waals surface area contributed by atoms with Crippen molar-refractivity contribution in [3.63, 3.8) is 0 Å². The van der Waals surface area contributed by atoms with Gasteiger partial charge in [-0.25, -0.2) is 23.9 Å². The van der Waals surface area contributed by atoms with E-state index in [0.717, 1.165) is 11.1 Å². The molecule has 1 aliphatic rings. The number of anilines is 1. The zero-order valence-corrected chi connectivity index (χ0v) is 31.0. The molecule has 0 saturated heterocycles. The highest BCUT2D eigenvalue weighted by molar-refractivity contribution is 6.06. The van der Waals surface area contributed by atoms with Gasteiger partial charge in [0.1, 0.15) is 29.3 Å². The molecule has 1 aliphatic heterocycles. The summed E-state index contributed by atoms with van der Waals surface area (Å²) in [6.45, 7) is 10.7. The number of hydrogen-bond donors (Lipinski definition) is 2. The monoisotopic (exact) mass is 727 g/mol. The Balaban J connectivity index is 1.39. The van der Waals surface area contributed by atoms with E-state index in [1.54, 1.807) is 64.6 Å². The third-order valence-corrected chi connectivity index (χ3v) is 8.53. The summed E-state index contributed by atoms with van der Waals surface area (Å²) in [5, 5.41) is 0.405. The third-order valence-electron chi connectivity index (χ3n) is 8.53. The molecule has 5 rings (SSSR count). The number of hydrogen-bond acceptors (Lipinski definition) is 11. The number of benzene rings is 3. The van der Waals surface area contributed by atoms with Crippen molar-refractivity contribution >= 4 is 40.7 Å². The van der Waals surface area contributed by atoms with Gasteiger partial charge in [-0.05, 0) is 113 Å². The first-order valence-electron chi connectivity index (χ1n) is 17.5. The van der Waals surface area contributed by atoms with Gasteiger partial charge in [-0.3, -0.25) is 9.59 Å². The lowest BCUT2D eigenvalue weighted by atomic mass is 9.92. The van der Waals surface area contributed by atoms with Gasteiger partial charge < -0.3 is 30.6 Å². The number of nitrogens with two attached hydrogens (primary N) is 2. The van der Waals surface area contributed by atoms with E-state index in [9.17, 15) is 23.6 Å². The summed E-state index contributed by atoms with van der Waals surface area (Å²) in [6, 6.07) is 16.8. The van der Waals surface area contributed by atoms with Gasteiger partial charge in [-0.2, -0.15) is 0 Å². The molecule has 0 saturated carbocycles. The summed E-state index contributed by atoms with van der Waals surface area (Å²) in [4.78, 5) is 63.3. The van der Waals surface area contributed by atoms with E-state index in [1.165, 1.54) is 18.2 Å². The van der Waals surface area contributed by atoms with Gasteiger partial charge in [0.05, 0.1) is 5.52 Å². The molecule has 280 valence electrons. The van der Waals surface area contributed by atoms with Crippen molar-refractivity contribution in [2.45, 2.75) is 104 Å². The van der Waals surface area contributed by atoms with Crippen molar-refractivity contribution in [3.05, 3.63) is 88.9 Å². The van der Waals surface area contributed by atoms with Gasteiger partial charge in [-0.15, -0.1) is 0 Å². The molecule has 53 heavy (non-hydrogen) atoms. The van der Waals surface area contributed by atoms with E-state index in [4.69, 9.17) is 25.7 Å². The van der Waals surface area contributed by atoms with E-state index in [1.807, 2.05) is 24.3 Å². The van der Waals surface area contributed by atoms with Gasteiger partial charge in [-0.1, -0.05) is 36.4 Å². The van der Waals surface area contributed by atoms with Crippen molar-refractivity contribution in [3.8, 4) is 11.1 Å². The standard InChI is InChI=1S/C40H46FN5O7/c1-38(2,3)52-32(47)13-9-10-18-40(43,36(50)53-39(4,5)6)35(49)51-23-27-14-16-28(41)20-29(27)24-15-17-31-30(19-24)33(45-37(42)44-31)34(48)46-21-25-11-7-8-12-26(25)22-46/h7-8,11-12,14-17,19-20H,9-10,13,18,21-23,43H2,1-6H3,(H2,42,44,45)/t40-/m0/s1. The fraction of sp³-hybridized carbons (Fsp3) is 0.400. The molecule has 2 heterocycles. The lowest BCUT2D eigenvalue weighted by molar-refractivity contribution is -0.172. The van der Waals surface area contributed by atoms with E-state index in [0.29, 0.717) is 47.1 Å². The molecule has 0 fully saturated rings. The van der Waals surface area contributed by atoms with E-state index in [2.05, 4.69) is 9.97 Å². The average Bonchev–Trinajstić information content (AvgIpc) is 3.51. The molecule has 0 unspecified atom stereocenters. The molecular weight excluding hydrogens is 681 g/mol.